The van der Waals surface area contributed by atoms with Gasteiger partial charge in [0.25, 0.3) is 11.6 Å². The highest BCUT2D eigenvalue weighted by atomic mass is 16.6. The number of carbonyl (C=O) groups is 1. The van der Waals surface area contributed by atoms with Crippen molar-refractivity contribution in [2.24, 2.45) is 5.73 Å². The van der Waals surface area contributed by atoms with E-state index in [9.17, 15) is 14.9 Å². The molecular weight excluding hydrogens is 312 g/mol. The highest BCUT2D eigenvalue weighted by Crippen LogP contribution is 2.19. The first-order valence-electron chi connectivity index (χ1n) is 7.07. The van der Waals surface area contributed by atoms with Gasteiger partial charge in [-0.15, -0.1) is 0 Å². The number of nitrogens with one attached hydrogen (secondary N) is 1. The van der Waals surface area contributed by atoms with Gasteiger partial charge in [0, 0.05) is 18.0 Å². The number of hydrogen-bond acceptors (Lipinski definition) is 6. The van der Waals surface area contributed by atoms with E-state index < -0.39 is 10.8 Å². The lowest BCUT2D eigenvalue weighted by atomic mass is 10.2. The van der Waals surface area contributed by atoms with Crippen molar-refractivity contribution in [3.8, 4) is 0 Å². The summed E-state index contributed by atoms with van der Waals surface area (Å²) in [7, 11) is 0. The number of amides is 1. The largest absolute Gasteiger partial charge is 0.365 e. The maximum absolute atomic E-state index is 11.5. The van der Waals surface area contributed by atoms with Crippen LogP contribution in [0.15, 0.2) is 36.7 Å². The molecule has 3 aromatic rings. The van der Waals surface area contributed by atoms with Gasteiger partial charge in [-0.25, -0.2) is 9.97 Å². The Morgan fingerprint density at radius 3 is 2.92 bits per heavy atom. The second-order valence-corrected chi connectivity index (χ2v) is 5.19. The zero-order valence-electron chi connectivity index (χ0n) is 12.8. The summed E-state index contributed by atoms with van der Waals surface area (Å²) in [6, 6.07) is 6.87. The lowest BCUT2D eigenvalue weighted by molar-refractivity contribution is -0.385. The summed E-state index contributed by atoms with van der Waals surface area (Å²) in [6.07, 6.45) is 2.94. The van der Waals surface area contributed by atoms with Crippen LogP contribution in [0.25, 0.3) is 5.65 Å². The quantitative estimate of drug-likeness (QED) is 0.542. The van der Waals surface area contributed by atoms with E-state index in [4.69, 9.17) is 5.73 Å². The van der Waals surface area contributed by atoms with Crippen LogP contribution in [-0.4, -0.2) is 25.2 Å². The number of anilines is 1. The zero-order chi connectivity index (χ0) is 17.3. The Morgan fingerprint density at radius 1 is 1.46 bits per heavy atom. The smallest absolute Gasteiger partial charge is 0.288 e. The zero-order valence-corrected chi connectivity index (χ0v) is 12.8. The van der Waals surface area contributed by atoms with Gasteiger partial charge in [0.1, 0.15) is 17.7 Å². The summed E-state index contributed by atoms with van der Waals surface area (Å²) in [5.41, 5.74) is 7.52. The molecule has 0 unspecified atom stereocenters. The van der Waals surface area contributed by atoms with Crippen molar-refractivity contribution >= 4 is 23.1 Å². The Kier molecular flexibility index (Phi) is 3.82. The van der Waals surface area contributed by atoms with Crippen molar-refractivity contribution in [3.63, 3.8) is 0 Å². The monoisotopic (exact) mass is 326 g/mol. The molecule has 0 atom stereocenters. The molecule has 3 heterocycles. The molecule has 0 aromatic carbocycles. The van der Waals surface area contributed by atoms with E-state index in [1.807, 2.05) is 35.7 Å². The molecule has 9 nitrogen and oxygen atoms in total. The third kappa shape index (κ3) is 2.86. The van der Waals surface area contributed by atoms with Gasteiger partial charge in [-0.3, -0.25) is 14.9 Å². The third-order valence-corrected chi connectivity index (χ3v) is 3.53. The molecule has 1 amide bonds. The molecule has 0 bridgehead atoms. The fourth-order valence-corrected chi connectivity index (χ4v) is 2.34. The average molecular weight is 326 g/mol. The molecular formula is C15H14N6O3. The van der Waals surface area contributed by atoms with Crippen LogP contribution in [0.3, 0.4) is 0 Å². The number of nitrogens with two attached hydrogens (primary N) is 1. The molecule has 3 aromatic heterocycles. The molecule has 9 heteroatoms. The number of carbonyl (C=O) groups excluding carboxylic acids is 1. The fourth-order valence-electron chi connectivity index (χ4n) is 2.34. The molecule has 0 aliphatic heterocycles. The molecule has 0 aliphatic carbocycles. The number of imidazole rings is 1. The first kappa shape index (κ1) is 15.4. The van der Waals surface area contributed by atoms with Crippen molar-refractivity contribution in [2.45, 2.75) is 13.5 Å². The number of rotatable bonds is 5. The lowest BCUT2D eigenvalue weighted by Gasteiger charge is -2.07. The summed E-state index contributed by atoms with van der Waals surface area (Å²) in [4.78, 5) is 30.0. The van der Waals surface area contributed by atoms with Crippen molar-refractivity contribution in [3.05, 3.63) is 63.7 Å². The summed E-state index contributed by atoms with van der Waals surface area (Å²) >= 11 is 0. The minimum Gasteiger partial charge on any atom is -0.365 e. The predicted octanol–water partition coefficient (Wildman–Crippen LogP) is 1.66. The van der Waals surface area contributed by atoms with E-state index in [0.717, 1.165) is 29.3 Å². The van der Waals surface area contributed by atoms with Gasteiger partial charge in [-0.05, 0) is 19.1 Å². The van der Waals surface area contributed by atoms with Crippen LogP contribution in [-0.2, 0) is 6.54 Å². The molecule has 0 saturated carbocycles. The normalized spacial score (nSPS) is 10.7. The second kappa shape index (κ2) is 5.95. The van der Waals surface area contributed by atoms with Gasteiger partial charge >= 0.3 is 0 Å². The van der Waals surface area contributed by atoms with Crippen LogP contribution >= 0.6 is 0 Å². The van der Waals surface area contributed by atoms with E-state index in [0.29, 0.717) is 6.54 Å². The van der Waals surface area contributed by atoms with Gasteiger partial charge in [-0.2, -0.15) is 0 Å². The molecule has 0 fully saturated rings. The summed E-state index contributed by atoms with van der Waals surface area (Å²) in [5.74, 6) is -0.610. The average Bonchev–Trinajstić information content (AvgIpc) is 2.97. The molecule has 0 spiro atoms. The van der Waals surface area contributed by atoms with Crippen molar-refractivity contribution in [1.82, 2.24) is 14.4 Å². The van der Waals surface area contributed by atoms with E-state index in [2.05, 4.69) is 15.3 Å². The number of primary amides is 1. The highest BCUT2D eigenvalue weighted by molar-refractivity contribution is 5.98. The molecule has 3 rings (SSSR count). The van der Waals surface area contributed by atoms with Gasteiger partial charge in [-0.1, -0.05) is 6.07 Å². The maximum Gasteiger partial charge on any atom is 0.288 e. The van der Waals surface area contributed by atoms with E-state index >= 15 is 0 Å². The third-order valence-electron chi connectivity index (χ3n) is 3.53. The number of aromatic nitrogens is 3. The first-order chi connectivity index (χ1) is 11.5. The predicted molar refractivity (Wildman–Crippen MR) is 86.7 cm³/mol. The number of pyridine rings is 2. The number of aryl methyl sites for hydroxylation is 1. The highest BCUT2D eigenvalue weighted by Gasteiger charge is 2.16. The van der Waals surface area contributed by atoms with Gasteiger partial charge in [0.2, 0.25) is 0 Å². The van der Waals surface area contributed by atoms with Crippen LogP contribution in [0.1, 0.15) is 21.7 Å². The Hall–Kier alpha value is -3.49. The van der Waals surface area contributed by atoms with Crippen LogP contribution in [0.5, 0.6) is 0 Å². The fraction of sp³-hybridized carbons (Fsp3) is 0.133. The molecule has 0 radical (unpaired) electrons. The Labute approximate surface area is 136 Å². The van der Waals surface area contributed by atoms with Crippen LogP contribution in [0.4, 0.5) is 11.5 Å². The van der Waals surface area contributed by atoms with Gasteiger partial charge in [0.15, 0.2) is 0 Å². The SMILES string of the molecule is Cc1cccc2nc(CNc3ncc([N+](=O)[O-])cc3C(N)=O)cn12. The number of hydrogen-bond donors (Lipinski definition) is 2. The maximum atomic E-state index is 11.5. The molecule has 3 N–H and O–H groups in total. The first-order valence-corrected chi connectivity index (χ1v) is 7.07. The number of fused-ring (bicyclic) bond motifs is 1. The molecule has 122 valence electrons. The molecule has 0 saturated heterocycles. The van der Waals surface area contributed by atoms with Crippen molar-refractivity contribution in [1.29, 1.82) is 0 Å². The Balaban J connectivity index is 1.86. The summed E-state index contributed by atoms with van der Waals surface area (Å²) in [6.45, 7) is 2.27. The summed E-state index contributed by atoms with van der Waals surface area (Å²) < 4.78 is 1.94. The van der Waals surface area contributed by atoms with E-state index in [1.165, 1.54) is 0 Å². The minimum atomic E-state index is -0.792. The number of nitrogens with zero attached hydrogens (tertiary/aromatic N) is 4. The van der Waals surface area contributed by atoms with Gasteiger partial charge < -0.3 is 15.5 Å². The Morgan fingerprint density at radius 2 is 2.25 bits per heavy atom. The van der Waals surface area contributed by atoms with Crippen molar-refractivity contribution < 1.29 is 9.72 Å². The second-order valence-electron chi connectivity index (χ2n) is 5.19. The van der Waals surface area contributed by atoms with Gasteiger partial charge in [0.05, 0.1) is 22.7 Å². The van der Waals surface area contributed by atoms with Crippen molar-refractivity contribution in [2.75, 3.05) is 5.32 Å². The van der Waals surface area contributed by atoms with Crippen LogP contribution < -0.4 is 11.1 Å². The Bertz CT molecular complexity index is 950. The number of nitro groups is 1. The van der Waals surface area contributed by atoms with Crippen LogP contribution in [0.2, 0.25) is 0 Å². The lowest BCUT2D eigenvalue weighted by Crippen LogP contribution is -2.16. The van der Waals surface area contributed by atoms with Crippen LogP contribution in [0, 0.1) is 17.0 Å². The van der Waals surface area contributed by atoms with E-state index in [-0.39, 0.29) is 17.1 Å². The van der Waals surface area contributed by atoms with E-state index in [1.54, 1.807) is 0 Å². The topological polar surface area (TPSA) is 128 Å². The summed E-state index contributed by atoms with van der Waals surface area (Å²) in [5, 5.41) is 13.7. The molecule has 24 heavy (non-hydrogen) atoms. The molecule has 0 aliphatic rings. The standard InChI is InChI=1S/C15H14N6O3/c1-9-3-2-4-13-19-10(8-20(9)13)6-17-15-12(14(16)22)5-11(7-18-15)21(23)24/h2-5,7-8H,6H2,1H3,(H2,16,22)(H,17,18). The minimum absolute atomic E-state index is 0.0378.